The Balaban J connectivity index is 2.37. The first-order chi connectivity index (χ1) is 7.99. The van der Waals surface area contributed by atoms with Crippen molar-refractivity contribution in [3.63, 3.8) is 0 Å². The van der Waals surface area contributed by atoms with Crippen LogP contribution in [0.2, 0.25) is 0 Å². The van der Waals surface area contributed by atoms with Crippen molar-refractivity contribution < 1.29 is 18.8 Å². The molecule has 0 spiro atoms. The highest BCUT2D eigenvalue weighted by Gasteiger charge is 2.33. The summed E-state index contributed by atoms with van der Waals surface area (Å²) in [7, 11) is 1.30. The van der Waals surface area contributed by atoms with Crippen LogP contribution in [0.4, 0.5) is 4.79 Å². The maximum absolute atomic E-state index is 11.7. The third-order valence-corrected chi connectivity index (χ3v) is 2.35. The molecule has 1 aliphatic heterocycles. The Hall–Kier alpha value is -2.37. The fourth-order valence-corrected chi connectivity index (χ4v) is 1.42. The summed E-state index contributed by atoms with van der Waals surface area (Å²) in [6.45, 7) is 1.75. The molecule has 1 aliphatic rings. The Morgan fingerprint density at radius 2 is 2.00 bits per heavy atom. The third kappa shape index (κ3) is 1.96. The van der Waals surface area contributed by atoms with Crippen molar-refractivity contribution in [1.82, 2.24) is 10.2 Å². The summed E-state index contributed by atoms with van der Waals surface area (Å²) < 4.78 is 5.23. The molecule has 17 heavy (non-hydrogen) atoms. The predicted molar refractivity (Wildman–Crippen MR) is 57.7 cm³/mol. The number of aryl methyl sites for hydroxylation is 1. The van der Waals surface area contributed by atoms with Gasteiger partial charge in [-0.3, -0.25) is 19.8 Å². The molecule has 0 unspecified atom stereocenters. The average Bonchev–Trinajstić information content (AvgIpc) is 2.67. The van der Waals surface area contributed by atoms with Gasteiger partial charge in [0, 0.05) is 7.05 Å². The number of rotatable bonds is 1. The second-order valence-corrected chi connectivity index (χ2v) is 3.63. The van der Waals surface area contributed by atoms with E-state index in [4.69, 9.17) is 4.42 Å². The van der Waals surface area contributed by atoms with Gasteiger partial charge in [-0.05, 0) is 25.1 Å². The van der Waals surface area contributed by atoms with Crippen LogP contribution in [-0.4, -0.2) is 29.8 Å². The van der Waals surface area contributed by atoms with E-state index in [2.05, 4.69) is 5.32 Å². The molecule has 0 saturated carbocycles. The highest BCUT2D eigenvalue weighted by atomic mass is 16.3. The van der Waals surface area contributed by atoms with Gasteiger partial charge in [-0.2, -0.15) is 0 Å². The third-order valence-electron chi connectivity index (χ3n) is 2.35. The molecule has 0 aliphatic carbocycles. The number of carbonyl (C=O) groups is 3. The lowest BCUT2D eigenvalue weighted by Gasteiger charge is -2.21. The largest absolute Gasteiger partial charge is 0.462 e. The SMILES string of the molecule is Cc1ccc(/C=C2\C(=O)NC(=O)N(C)C2=O)o1. The number of nitrogens with one attached hydrogen (secondary N) is 1. The van der Waals surface area contributed by atoms with Crippen molar-refractivity contribution in [2.75, 3.05) is 7.05 Å². The van der Waals surface area contributed by atoms with E-state index in [0.29, 0.717) is 11.5 Å². The van der Waals surface area contributed by atoms with Gasteiger partial charge >= 0.3 is 6.03 Å². The number of barbiturate groups is 1. The minimum absolute atomic E-state index is 0.124. The van der Waals surface area contributed by atoms with Crippen LogP contribution in [0.3, 0.4) is 0 Å². The fourth-order valence-electron chi connectivity index (χ4n) is 1.42. The van der Waals surface area contributed by atoms with Gasteiger partial charge in [0.2, 0.25) is 0 Å². The second-order valence-electron chi connectivity index (χ2n) is 3.63. The molecule has 1 N–H and O–H groups in total. The average molecular weight is 234 g/mol. The topological polar surface area (TPSA) is 79.6 Å². The molecule has 2 heterocycles. The normalized spacial score (nSPS) is 18.8. The number of carbonyl (C=O) groups excluding carboxylic acids is 3. The fraction of sp³-hybridized carbons (Fsp3) is 0.182. The van der Waals surface area contributed by atoms with E-state index in [-0.39, 0.29) is 5.57 Å². The summed E-state index contributed by atoms with van der Waals surface area (Å²) in [5, 5.41) is 2.05. The second kappa shape index (κ2) is 3.89. The van der Waals surface area contributed by atoms with Crippen LogP contribution in [0, 0.1) is 6.92 Å². The monoisotopic (exact) mass is 234 g/mol. The maximum Gasteiger partial charge on any atom is 0.331 e. The Morgan fingerprint density at radius 1 is 1.29 bits per heavy atom. The molecule has 0 bridgehead atoms. The summed E-state index contributed by atoms with van der Waals surface area (Å²) in [5.74, 6) is -0.298. The smallest absolute Gasteiger partial charge is 0.331 e. The molecule has 1 aromatic rings. The lowest BCUT2D eigenvalue weighted by atomic mass is 10.1. The molecule has 4 amide bonds. The van der Waals surface area contributed by atoms with Crippen molar-refractivity contribution >= 4 is 23.9 Å². The molecule has 1 fully saturated rings. The van der Waals surface area contributed by atoms with Gasteiger partial charge in [0.25, 0.3) is 11.8 Å². The molecule has 6 nitrogen and oxygen atoms in total. The first kappa shape index (κ1) is 11.1. The zero-order valence-corrected chi connectivity index (χ0v) is 9.31. The van der Waals surface area contributed by atoms with E-state index in [1.165, 1.54) is 13.1 Å². The summed E-state index contributed by atoms with van der Waals surface area (Å²) in [4.78, 5) is 35.1. The first-order valence-electron chi connectivity index (χ1n) is 4.90. The number of hydrogen-bond acceptors (Lipinski definition) is 4. The minimum atomic E-state index is -0.729. The number of imide groups is 2. The summed E-state index contributed by atoms with van der Waals surface area (Å²) >= 11 is 0. The summed E-state index contributed by atoms with van der Waals surface area (Å²) in [5.41, 5.74) is -0.124. The Kier molecular flexibility index (Phi) is 2.55. The Bertz CT molecular complexity index is 541. The number of hydrogen-bond donors (Lipinski definition) is 1. The molecule has 2 rings (SSSR count). The van der Waals surface area contributed by atoms with E-state index in [1.54, 1.807) is 19.1 Å². The Labute approximate surface area is 96.9 Å². The van der Waals surface area contributed by atoms with E-state index in [9.17, 15) is 14.4 Å². The van der Waals surface area contributed by atoms with Crippen LogP contribution in [-0.2, 0) is 9.59 Å². The molecular formula is C11H10N2O4. The maximum atomic E-state index is 11.7. The van der Waals surface area contributed by atoms with Crippen LogP contribution < -0.4 is 5.32 Å². The summed E-state index contributed by atoms with van der Waals surface area (Å²) in [6.07, 6.45) is 1.31. The number of nitrogens with zero attached hydrogens (tertiary/aromatic N) is 1. The zero-order chi connectivity index (χ0) is 12.6. The highest BCUT2D eigenvalue weighted by Crippen LogP contribution is 2.15. The predicted octanol–water partition coefficient (Wildman–Crippen LogP) is 0.680. The molecule has 1 aromatic heterocycles. The van der Waals surface area contributed by atoms with E-state index in [0.717, 1.165) is 4.90 Å². The molecule has 0 radical (unpaired) electrons. The molecule has 0 aromatic carbocycles. The van der Waals surface area contributed by atoms with Crippen LogP contribution in [0.1, 0.15) is 11.5 Å². The van der Waals surface area contributed by atoms with Crippen LogP contribution in [0.15, 0.2) is 22.1 Å². The minimum Gasteiger partial charge on any atom is -0.462 e. The van der Waals surface area contributed by atoms with Crippen LogP contribution >= 0.6 is 0 Å². The van der Waals surface area contributed by atoms with Gasteiger partial charge < -0.3 is 4.42 Å². The highest BCUT2D eigenvalue weighted by molar-refractivity contribution is 6.30. The van der Waals surface area contributed by atoms with Crippen molar-refractivity contribution in [2.24, 2.45) is 0 Å². The van der Waals surface area contributed by atoms with Gasteiger partial charge in [-0.15, -0.1) is 0 Å². The van der Waals surface area contributed by atoms with Gasteiger partial charge in [-0.1, -0.05) is 0 Å². The molecular weight excluding hydrogens is 224 g/mol. The van der Waals surface area contributed by atoms with Crippen molar-refractivity contribution in [3.8, 4) is 0 Å². The molecule has 0 atom stereocenters. The van der Waals surface area contributed by atoms with Gasteiger partial charge in [0.05, 0.1) is 0 Å². The number of likely N-dealkylation sites (N-methyl/N-ethyl adjacent to an activating group) is 1. The van der Waals surface area contributed by atoms with Gasteiger partial charge in [0.15, 0.2) is 0 Å². The lowest BCUT2D eigenvalue weighted by Crippen LogP contribution is -2.52. The quantitative estimate of drug-likeness (QED) is 0.572. The van der Waals surface area contributed by atoms with E-state index >= 15 is 0 Å². The van der Waals surface area contributed by atoms with Crippen molar-refractivity contribution in [2.45, 2.75) is 6.92 Å². The van der Waals surface area contributed by atoms with E-state index < -0.39 is 17.8 Å². The number of furan rings is 1. The van der Waals surface area contributed by atoms with Crippen LogP contribution in [0.25, 0.3) is 6.08 Å². The standard InChI is InChI=1S/C11H10N2O4/c1-6-3-4-7(17-6)5-8-9(14)12-11(16)13(2)10(8)15/h3-5H,1-2H3,(H,12,14,16)/b8-5+. The summed E-state index contributed by atoms with van der Waals surface area (Å²) in [6, 6.07) is 2.62. The first-order valence-corrected chi connectivity index (χ1v) is 4.90. The molecule has 88 valence electrons. The number of amides is 4. The molecule has 1 saturated heterocycles. The zero-order valence-electron chi connectivity index (χ0n) is 9.31. The van der Waals surface area contributed by atoms with Crippen molar-refractivity contribution in [3.05, 3.63) is 29.2 Å². The lowest BCUT2D eigenvalue weighted by molar-refractivity contribution is -0.129. The van der Waals surface area contributed by atoms with Crippen molar-refractivity contribution in [1.29, 1.82) is 0 Å². The number of urea groups is 1. The van der Waals surface area contributed by atoms with Gasteiger partial charge in [0.1, 0.15) is 17.1 Å². The Morgan fingerprint density at radius 3 is 2.59 bits per heavy atom. The van der Waals surface area contributed by atoms with Gasteiger partial charge in [-0.25, -0.2) is 4.79 Å². The van der Waals surface area contributed by atoms with E-state index in [1.807, 2.05) is 0 Å². The van der Waals surface area contributed by atoms with Crippen LogP contribution in [0.5, 0.6) is 0 Å². The molecule has 6 heteroatoms.